The molecular weight excluding hydrogens is 206 g/mol. The van der Waals surface area contributed by atoms with Crippen LogP contribution in [0.3, 0.4) is 0 Å². The third kappa shape index (κ3) is 3.94. The number of amides is 1. The maximum absolute atomic E-state index is 11.8. The van der Waals surface area contributed by atoms with Crippen LogP contribution in [0.1, 0.15) is 46.5 Å². The maximum atomic E-state index is 11.8. The third-order valence-corrected chi connectivity index (χ3v) is 2.66. The molecule has 0 aliphatic heterocycles. The lowest BCUT2D eigenvalue weighted by molar-refractivity contribution is -0.801. The first-order valence-electron chi connectivity index (χ1n) is 5.73. The first-order chi connectivity index (χ1) is 7.29. The number of hydroxylamine groups is 2. The van der Waals surface area contributed by atoms with E-state index in [1.54, 1.807) is 20.8 Å². The smallest absolute Gasteiger partial charge is 0.515 e. The highest BCUT2D eigenvalue weighted by atomic mass is 16.6. The van der Waals surface area contributed by atoms with E-state index in [2.05, 4.69) is 6.58 Å². The average Bonchev–Trinajstić information content (AvgIpc) is 2.15. The van der Waals surface area contributed by atoms with Crippen LogP contribution in [0, 0.1) is 5.21 Å². The molecule has 1 atom stereocenters. The summed E-state index contributed by atoms with van der Waals surface area (Å²) >= 11 is 0. The second kappa shape index (κ2) is 4.97. The zero-order chi connectivity index (χ0) is 12.3. The molecule has 0 aromatic rings. The van der Waals surface area contributed by atoms with Crippen molar-refractivity contribution < 1.29 is 14.6 Å². The monoisotopic (exact) mass is 227 g/mol. The van der Waals surface area contributed by atoms with E-state index in [0.29, 0.717) is 0 Å². The standard InChI is InChI=1S/C12H21NO3/c1-9-5-7-10(8-6-9)13(15)11(14)16-12(2,3)4/h10,13H,1,5-8H2,2-4H3. The van der Waals surface area contributed by atoms with Crippen LogP contribution in [0.4, 0.5) is 4.79 Å². The fourth-order valence-electron chi connectivity index (χ4n) is 1.78. The van der Waals surface area contributed by atoms with Gasteiger partial charge in [0.15, 0.2) is 0 Å². The average molecular weight is 227 g/mol. The molecule has 4 heteroatoms. The summed E-state index contributed by atoms with van der Waals surface area (Å²) in [4.78, 5) is 11.5. The Bertz CT molecular complexity index is 270. The molecule has 1 N–H and O–H groups in total. The zero-order valence-corrected chi connectivity index (χ0v) is 10.3. The minimum atomic E-state index is -0.690. The molecule has 0 radical (unpaired) electrons. The molecule has 4 nitrogen and oxygen atoms in total. The first-order valence-corrected chi connectivity index (χ1v) is 5.73. The molecule has 1 aliphatic rings. The van der Waals surface area contributed by atoms with Gasteiger partial charge in [0, 0.05) is 12.8 Å². The van der Waals surface area contributed by atoms with Gasteiger partial charge in [-0.1, -0.05) is 12.2 Å². The topological polar surface area (TPSA) is 53.8 Å². The largest absolute Gasteiger partial charge is 0.624 e. The van der Waals surface area contributed by atoms with Crippen molar-refractivity contribution in [2.75, 3.05) is 0 Å². The molecule has 1 saturated carbocycles. The van der Waals surface area contributed by atoms with Gasteiger partial charge in [0.25, 0.3) is 0 Å². The second-order valence-electron chi connectivity index (χ2n) is 5.39. The predicted molar refractivity (Wildman–Crippen MR) is 62.0 cm³/mol. The van der Waals surface area contributed by atoms with Crippen molar-refractivity contribution >= 4 is 6.09 Å². The van der Waals surface area contributed by atoms with Crippen molar-refractivity contribution in [2.45, 2.75) is 58.1 Å². The number of rotatable bonds is 1. The molecule has 0 spiro atoms. The Hall–Kier alpha value is -0.870. The van der Waals surface area contributed by atoms with Crippen LogP contribution in [0.2, 0.25) is 0 Å². The molecule has 16 heavy (non-hydrogen) atoms. The number of carbonyl (C=O) groups is 1. The van der Waals surface area contributed by atoms with Crippen LogP contribution in [0.25, 0.3) is 0 Å². The minimum Gasteiger partial charge on any atom is -0.624 e. The van der Waals surface area contributed by atoms with Crippen molar-refractivity contribution in [3.63, 3.8) is 0 Å². The lowest BCUT2D eigenvalue weighted by Crippen LogP contribution is -3.14. The van der Waals surface area contributed by atoms with Gasteiger partial charge in [-0.25, -0.2) is 0 Å². The number of nitrogens with one attached hydrogen (secondary N) is 1. The Morgan fingerprint density at radius 3 is 2.38 bits per heavy atom. The molecule has 0 heterocycles. The van der Waals surface area contributed by atoms with Gasteiger partial charge in [-0.15, -0.1) is 0 Å². The van der Waals surface area contributed by atoms with Crippen LogP contribution in [0.15, 0.2) is 12.2 Å². The predicted octanol–water partition coefficient (Wildman–Crippen LogP) is 1.80. The zero-order valence-electron chi connectivity index (χ0n) is 10.3. The number of hydrogen-bond donors (Lipinski definition) is 1. The molecule has 0 aromatic carbocycles. The van der Waals surface area contributed by atoms with E-state index in [4.69, 9.17) is 4.74 Å². The van der Waals surface area contributed by atoms with Gasteiger partial charge in [0.2, 0.25) is 0 Å². The summed E-state index contributed by atoms with van der Waals surface area (Å²) < 4.78 is 5.07. The van der Waals surface area contributed by atoms with Gasteiger partial charge in [-0.2, -0.15) is 4.79 Å². The molecule has 1 amide bonds. The van der Waals surface area contributed by atoms with Crippen molar-refractivity contribution in [3.8, 4) is 0 Å². The number of quaternary nitrogens is 1. The summed E-state index contributed by atoms with van der Waals surface area (Å²) in [7, 11) is 0. The Kier molecular flexibility index (Phi) is 4.10. The molecule has 92 valence electrons. The van der Waals surface area contributed by atoms with Gasteiger partial charge in [-0.3, -0.25) is 5.06 Å². The van der Waals surface area contributed by atoms with E-state index in [-0.39, 0.29) is 11.1 Å². The maximum Gasteiger partial charge on any atom is 0.515 e. The minimum absolute atomic E-state index is 0.166. The highest BCUT2D eigenvalue weighted by Gasteiger charge is 2.29. The van der Waals surface area contributed by atoms with E-state index >= 15 is 0 Å². The fraction of sp³-hybridized carbons (Fsp3) is 0.750. The fourth-order valence-corrected chi connectivity index (χ4v) is 1.78. The Morgan fingerprint density at radius 1 is 1.44 bits per heavy atom. The summed E-state index contributed by atoms with van der Waals surface area (Å²) in [5.41, 5.74) is 0.582. The number of allylic oxidation sites excluding steroid dienone is 1. The summed E-state index contributed by atoms with van der Waals surface area (Å²) in [5.74, 6) is 0. The molecule has 1 fully saturated rings. The SMILES string of the molecule is C=C1CCC([NH+]([O-])C(=O)OC(C)(C)C)CC1. The highest BCUT2D eigenvalue weighted by Crippen LogP contribution is 2.20. The highest BCUT2D eigenvalue weighted by molar-refractivity contribution is 5.57. The molecule has 1 rings (SSSR count). The van der Waals surface area contributed by atoms with Gasteiger partial charge >= 0.3 is 6.09 Å². The lowest BCUT2D eigenvalue weighted by Gasteiger charge is -2.33. The van der Waals surface area contributed by atoms with Crippen LogP contribution in [0.5, 0.6) is 0 Å². The molecule has 0 aromatic heterocycles. The summed E-state index contributed by atoms with van der Waals surface area (Å²) in [6.07, 6.45) is 2.47. The Balaban J connectivity index is 2.47. The molecular formula is C12H21NO3. The van der Waals surface area contributed by atoms with Gasteiger partial charge in [0.05, 0.1) is 6.04 Å². The van der Waals surface area contributed by atoms with Crippen molar-refractivity contribution in [2.24, 2.45) is 0 Å². The van der Waals surface area contributed by atoms with Crippen molar-refractivity contribution in [3.05, 3.63) is 17.4 Å². The second-order valence-corrected chi connectivity index (χ2v) is 5.39. The van der Waals surface area contributed by atoms with Crippen LogP contribution in [-0.2, 0) is 4.74 Å². The van der Waals surface area contributed by atoms with E-state index in [0.717, 1.165) is 25.7 Å². The number of hydrogen-bond acceptors (Lipinski definition) is 3. The molecule has 0 bridgehead atoms. The quantitative estimate of drug-likeness (QED) is 0.549. The van der Waals surface area contributed by atoms with Gasteiger partial charge in [0.1, 0.15) is 5.60 Å². The number of alkyl carbamates (subject to hydrolysis) is 1. The van der Waals surface area contributed by atoms with E-state index in [1.807, 2.05) is 0 Å². The molecule has 1 unspecified atom stereocenters. The van der Waals surface area contributed by atoms with Gasteiger partial charge < -0.3 is 9.94 Å². The Labute approximate surface area is 96.8 Å². The Morgan fingerprint density at radius 2 is 1.94 bits per heavy atom. The summed E-state index contributed by atoms with van der Waals surface area (Å²) in [5, 5.41) is 11.4. The van der Waals surface area contributed by atoms with E-state index in [1.165, 1.54) is 5.57 Å². The van der Waals surface area contributed by atoms with E-state index < -0.39 is 11.7 Å². The normalized spacial score (nSPS) is 20.6. The van der Waals surface area contributed by atoms with Crippen LogP contribution >= 0.6 is 0 Å². The first kappa shape index (κ1) is 13.2. The lowest BCUT2D eigenvalue weighted by atomic mass is 9.92. The van der Waals surface area contributed by atoms with Crippen molar-refractivity contribution in [1.29, 1.82) is 0 Å². The molecule has 0 saturated heterocycles. The van der Waals surface area contributed by atoms with Crippen molar-refractivity contribution in [1.82, 2.24) is 0 Å². The van der Waals surface area contributed by atoms with Crippen LogP contribution in [-0.4, -0.2) is 17.7 Å². The third-order valence-electron chi connectivity index (χ3n) is 2.66. The molecule has 1 aliphatic carbocycles. The summed E-state index contributed by atoms with van der Waals surface area (Å²) in [6, 6.07) is -0.166. The number of carbonyl (C=O) groups excluding carboxylic acids is 1. The number of ether oxygens (including phenoxy) is 1. The van der Waals surface area contributed by atoms with Crippen LogP contribution < -0.4 is 5.06 Å². The van der Waals surface area contributed by atoms with E-state index in [9.17, 15) is 10.0 Å². The summed E-state index contributed by atoms with van der Waals surface area (Å²) in [6.45, 7) is 9.18. The van der Waals surface area contributed by atoms with Gasteiger partial charge in [-0.05, 0) is 33.6 Å².